The first-order chi connectivity index (χ1) is 17.4. The monoisotopic (exact) mass is 519 g/mol. The number of ketones is 1. The molecule has 0 bridgehead atoms. The summed E-state index contributed by atoms with van der Waals surface area (Å²) >= 11 is 12.4. The second-order valence-electron chi connectivity index (χ2n) is 8.54. The Morgan fingerprint density at radius 2 is 1.72 bits per heavy atom. The van der Waals surface area contributed by atoms with E-state index >= 15 is 0 Å². The van der Waals surface area contributed by atoms with Gasteiger partial charge in [-0.3, -0.25) is 4.79 Å². The van der Waals surface area contributed by atoms with Crippen molar-refractivity contribution in [3.05, 3.63) is 116 Å². The minimum Gasteiger partial charge on any atom is -0.489 e. The van der Waals surface area contributed by atoms with Crippen molar-refractivity contribution < 1.29 is 19.1 Å². The Labute approximate surface area is 219 Å². The highest BCUT2D eigenvalue weighted by Crippen LogP contribution is 2.48. The molecule has 5 rings (SSSR count). The van der Waals surface area contributed by atoms with Gasteiger partial charge in [-0.2, -0.15) is 0 Å². The number of halogens is 2. The van der Waals surface area contributed by atoms with Crippen LogP contribution in [0.4, 0.5) is 0 Å². The van der Waals surface area contributed by atoms with E-state index in [9.17, 15) is 9.59 Å². The van der Waals surface area contributed by atoms with E-state index in [0.29, 0.717) is 49.5 Å². The molecule has 36 heavy (non-hydrogen) atoms. The van der Waals surface area contributed by atoms with Crippen molar-refractivity contribution in [2.45, 2.75) is 26.4 Å². The lowest BCUT2D eigenvalue weighted by Gasteiger charge is -2.30. The molecule has 0 fully saturated rings. The molecule has 0 aromatic heterocycles. The summed E-state index contributed by atoms with van der Waals surface area (Å²) in [6.45, 7) is 3.99. The summed E-state index contributed by atoms with van der Waals surface area (Å²) < 4.78 is 11.6. The number of carbonyl (C=O) groups excluding carboxylic acids is 2. The summed E-state index contributed by atoms with van der Waals surface area (Å²) in [7, 11) is 0. The molecule has 0 radical (unpaired) electrons. The minimum atomic E-state index is -0.669. The SMILES string of the molecule is CCOC(=O)C1=C(C)NC2=C(C(=O)c3ccccc32)[C@H]1c1ccccc1OCc1ccc(Cl)cc1Cl. The normalized spacial score (nSPS) is 16.4. The van der Waals surface area contributed by atoms with Gasteiger partial charge in [-0.25, -0.2) is 4.79 Å². The third kappa shape index (κ3) is 4.19. The van der Waals surface area contributed by atoms with Crippen molar-refractivity contribution in [3.63, 3.8) is 0 Å². The molecule has 0 amide bonds. The maximum absolute atomic E-state index is 13.7. The maximum Gasteiger partial charge on any atom is 0.336 e. The number of esters is 1. The van der Waals surface area contributed by atoms with Crippen molar-refractivity contribution in [2.75, 3.05) is 6.61 Å². The van der Waals surface area contributed by atoms with Gasteiger partial charge in [0, 0.05) is 43.6 Å². The zero-order chi connectivity index (χ0) is 25.4. The lowest BCUT2D eigenvalue weighted by atomic mass is 9.79. The molecular weight excluding hydrogens is 497 g/mol. The van der Waals surface area contributed by atoms with E-state index < -0.39 is 11.9 Å². The Balaban J connectivity index is 1.61. The third-order valence-corrected chi connectivity index (χ3v) is 6.96. The van der Waals surface area contributed by atoms with Gasteiger partial charge in [-0.1, -0.05) is 71.7 Å². The summed E-state index contributed by atoms with van der Waals surface area (Å²) in [6.07, 6.45) is 0. The zero-order valence-corrected chi connectivity index (χ0v) is 21.2. The second-order valence-corrected chi connectivity index (χ2v) is 9.39. The van der Waals surface area contributed by atoms with E-state index in [1.807, 2.05) is 55.5 Å². The Kier molecular flexibility index (Phi) is 6.61. The number of para-hydroxylation sites is 1. The van der Waals surface area contributed by atoms with Crippen LogP contribution in [-0.4, -0.2) is 18.4 Å². The van der Waals surface area contributed by atoms with E-state index in [1.54, 1.807) is 25.1 Å². The topological polar surface area (TPSA) is 64.6 Å². The largest absolute Gasteiger partial charge is 0.489 e. The summed E-state index contributed by atoms with van der Waals surface area (Å²) in [5.41, 5.74) is 5.12. The average molecular weight is 520 g/mol. The van der Waals surface area contributed by atoms with Crippen LogP contribution in [0.1, 0.15) is 46.8 Å². The molecule has 0 spiro atoms. The summed E-state index contributed by atoms with van der Waals surface area (Å²) in [5, 5.41) is 4.35. The third-order valence-electron chi connectivity index (χ3n) is 6.37. The van der Waals surface area contributed by atoms with Crippen LogP contribution >= 0.6 is 23.2 Å². The fraction of sp³-hybridized carbons (Fsp3) is 0.172. The number of ether oxygens (including phenoxy) is 2. The Hall–Kier alpha value is -3.54. The predicted octanol–water partition coefficient (Wildman–Crippen LogP) is 6.70. The molecule has 5 nitrogen and oxygen atoms in total. The first-order valence-electron chi connectivity index (χ1n) is 11.6. The fourth-order valence-electron chi connectivity index (χ4n) is 4.76. The van der Waals surface area contributed by atoms with E-state index in [1.165, 1.54) is 0 Å². The lowest BCUT2D eigenvalue weighted by Crippen LogP contribution is -2.29. The molecule has 1 heterocycles. The molecule has 1 N–H and O–H groups in total. The number of nitrogens with one attached hydrogen (secondary N) is 1. The van der Waals surface area contributed by atoms with Gasteiger partial charge in [0.25, 0.3) is 0 Å². The van der Waals surface area contributed by atoms with E-state index in [4.69, 9.17) is 32.7 Å². The second kappa shape index (κ2) is 9.84. The van der Waals surface area contributed by atoms with Crippen LogP contribution in [0.3, 0.4) is 0 Å². The van der Waals surface area contributed by atoms with Crippen LogP contribution in [0.5, 0.6) is 5.75 Å². The number of dihydropyridines is 1. The quantitative estimate of drug-likeness (QED) is 0.367. The van der Waals surface area contributed by atoms with Gasteiger partial charge >= 0.3 is 5.97 Å². The summed E-state index contributed by atoms with van der Waals surface area (Å²) in [6, 6.07) is 20.1. The molecular formula is C29H23Cl2NO4. The van der Waals surface area contributed by atoms with Crippen LogP contribution in [0.25, 0.3) is 5.70 Å². The minimum absolute atomic E-state index is 0.122. The van der Waals surface area contributed by atoms with Crippen LogP contribution < -0.4 is 10.1 Å². The number of carbonyl (C=O) groups is 2. The smallest absolute Gasteiger partial charge is 0.336 e. The molecule has 1 atom stereocenters. The van der Waals surface area contributed by atoms with Crippen LogP contribution in [-0.2, 0) is 16.1 Å². The number of hydrogen-bond acceptors (Lipinski definition) is 5. The standard InChI is InChI=1S/C29H23Cl2NO4/c1-3-35-29(34)24-16(2)32-27-19-8-4-5-9-20(19)28(33)26(27)25(24)21-10-6-7-11-23(21)36-15-17-12-13-18(30)14-22(17)31/h4-14,25,32H,3,15H2,1-2H3/t25-/m0/s1. The first-order valence-corrected chi connectivity index (χ1v) is 12.3. The maximum atomic E-state index is 13.7. The molecule has 0 saturated carbocycles. The summed E-state index contributed by atoms with van der Waals surface area (Å²) in [5.74, 6) is -0.723. The van der Waals surface area contributed by atoms with Crippen LogP contribution in [0.15, 0.2) is 83.6 Å². The van der Waals surface area contributed by atoms with E-state index in [-0.39, 0.29) is 19.0 Å². The lowest BCUT2D eigenvalue weighted by molar-refractivity contribution is -0.138. The van der Waals surface area contributed by atoms with E-state index in [0.717, 1.165) is 11.1 Å². The Morgan fingerprint density at radius 1 is 1.00 bits per heavy atom. The van der Waals surface area contributed by atoms with Crippen molar-refractivity contribution in [2.24, 2.45) is 0 Å². The molecule has 3 aromatic rings. The first kappa shape index (κ1) is 24.2. The van der Waals surface area contributed by atoms with Crippen molar-refractivity contribution in [3.8, 4) is 5.75 Å². The molecule has 0 unspecified atom stereocenters. The van der Waals surface area contributed by atoms with Gasteiger partial charge < -0.3 is 14.8 Å². The van der Waals surface area contributed by atoms with Gasteiger partial charge in [0.2, 0.25) is 0 Å². The van der Waals surface area contributed by atoms with Gasteiger partial charge in [0.1, 0.15) is 12.4 Å². The number of rotatable bonds is 6. The molecule has 2 aliphatic rings. The number of fused-ring (bicyclic) bond motifs is 2. The van der Waals surface area contributed by atoms with Gasteiger partial charge in [0.05, 0.1) is 23.8 Å². The summed E-state index contributed by atoms with van der Waals surface area (Å²) in [4.78, 5) is 26.9. The van der Waals surface area contributed by atoms with E-state index in [2.05, 4.69) is 5.32 Å². The Bertz CT molecular complexity index is 1460. The number of benzene rings is 3. The molecule has 0 saturated heterocycles. The molecule has 7 heteroatoms. The van der Waals surface area contributed by atoms with Crippen LogP contribution in [0, 0.1) is 0 Å². The highest BCUT2D eigenvalue weighted by atomic mass is 35.5. The van der Waals surface area contributed by atoms with Gasteiger partial charge in [-0.05, 0) is 32.0 Å². The highest BCUT2D eigenvalue weighted by Gasteiger charge is 2.43. The molecule has 1 aliphatic carbocycles. The average Bonchev–Trinajstić information content (AvgIpc) is 3.14. The highest BCUT2D eigenvalue weighted by molar-refractivity contribution is 6.35. The Morgan fingerprint density at radius 3 is 2.47 bits per heavy atom. The van der Waals surface area contributed by atoms with Crippen molar-refractivity contribution in [1.29, 1.82) is 0 Å². The van der Waals surface area contributed by atoms with Crippen molar-refractivity contribution in [1.82, 2.24) is 5.32 Å². The van der Waals surface area contributed by atoms with Gasteiger partial charge in [-0.15, -0.1) is 0 Å². The van der Waals surface area contributed by atoms with Gasteiger partial charge in [0.15, 0.2) is 5.78 Å². The molecule has 3 aromatic carbocycles. The van der Waals surface area contributed by atoms with Crippen LogP contribution in [0.2, 0.25) is 10.0 Å². The number of Topliss-reactive ketones (excluding diaryl/α,β-unsaturated/α-hetero) is 1. The number of allylic oxidation sites excluding steroid dienone is 2. The molecule has 182 valence electrons. The molecule has 1 aliphatic heterocycles. The number of hydrogen-bond donors (Lipinski definition) is 1. The zero-order valence-electron chi connectivity index (χ0n) is 19.7. The fourth-order valence-corrected chi connectivity index (χ4v) is 5.23. The van der Waals surface area contributed by atoms with Crippen molar-refractivity contribution >= 4 is 40.7 Å². The predicted molar refractivity (Wildman–Crippen MR) is 140 cm³/mol.